The van der Waals surface area contributed by atoms with Crippen LogP contribution in [0.2, 0.25) is 0 Å². The first-order chi connectivity index (χ1) is 11.5. The zero-order valence-electron chi connectivity index (χ0n) is 14.1. The van der Waals surface area contributed by atoms with Crippen LogP contribution in [0.1, 0.15) is 18.4 Å². The van der Waals surface area contributed by atoms with E-state index in [0.29, 0.717) is 38.2 Å². The minimum Gasteiger partial charge on any atom is -0.346 e. The number of halogens is 1. The molecule has 2 aliphatic rings. The third-order valence-corrected chi connectivity index (χ3v) is 5.04. The van der Waals surface area contributed by atoms with Crippen molar-refractivity contribution in [3.05, 3.63) is 35.6 Å². The molecule has 0 aliphatic carbocycles. The van der Waals surface area contributed by atoms with Gasteiger partial charge in [0.1, 0.15) is 5.82 Å². The first-order valence-electron chi connectivity index (χ1n) is 8.53. The van der Waals surface area contributed by atoms with Gasteiger partial charge in [-0.05, 0) is 12.5 Å². The molecule has 0 spiro atoms. The molecule has 2 saturated heterocycles. The van der Waals surface area contributed by atoms with Gasteiger partial charge in [0, 0.05) is 64.2 Å². The van der Waals surface area contributed by atoms with Gasteiger partial charge in [0.05, 0.1) is 0 Å². The number of benzene rings is 1. The number of piperazine rings is 1. The molecule has 24 heavy (non-hydrogen) atoms. The quantitative estimate of drug-likeness (QED) is 0.838. The van der Waals surface area contributed by atoms with Crippen LogP contribution in [0.15, 0.2) is 24.3 Å². The average molecular weight is 333 g/mol. The van der Waals surface area contributed by atoms with Crippen molar-refractivity contribution < 1.29 is 14.0 Å². The van der Waals surface area contributed by atoms with Crippen molar-refractivity contribution in [2.45, 2.75) is 19.4 Å². The summed E-state index contributed by atoms with van der Waals surface area (Å²) in [6, 6.07) is 6.82. The Hall–Kier alpha value is -1.95. The molecular weight excluding hydrogens is 309 g/mol. The number of piperidine rings is 1. The summed E-state index contributed by atoms with van der Waals surface area (Å²) in [6.45, 7) is 3.99. The zero-order chi connectivity index (χ0) is 17.1. The van der Waals surface area contributed by atoms with Crippen molar-refractivity contribution in [3.8, 4) is 0 Å². The van der Waals surface area contributed by atoms with Gasteiger partial charge >= 0.3 is 0 Å². The molecule has 2 heterocycles. The fraction of sp³-hybridized carbons (Fsp3) is 0.556. The van der Waals surface area contributed by atoms with Crippen LogP contribution in [0, 0.1) is 11.7 Å². The van der Waals surface area contributed by atoms with Crippen LogP contribution < -0.4 is 0 Å². The lowest BCUT2D eigenvalue weighted by Crippen LogP contribution is -2.51. The van der Waals surface area contributed by atoms with E-state index in [9.17, 15) is 14.0 Å². The molecule has 1 aromatic rings. The van der Waals surface area contributed by atoms with Crippen molar-refractivity contribution in [1.29, 1.82) is 0 Å². The Morgan fingerprint density at radius 2 is 1.88 bits per heavy atom. The van der Waals surface area contributed by atoms with E-state index in [1.165, 1.54) is 6.07 Å². The zero-order valence-corrected chi connectivity index (χ0v) is 14.1. The summed E-state index contributed by atoms with van der Waals surface area (Å²) >= 11 is 0. The lowest BCUT2D eigenvalue weighted by molar-refractivity contribution is -0.145. The standard InChI is InChI=1S/C18H24FN3O2/c1-20-7-6-14(12-17(20)23)18(24)22-10-8-21(9-11-22)13-15-4-2-3-5-16(15)19/h2-5,14H,6-13H2,1H3/t14-/m0/s1. The Bertz CT molecular complexity index is 614. The summed E-state index contributed by atoms with van der Waals surface area (Å²) in [5.74, 6) is -0.201. The Balaban J connectivity index is 1.51. The van der Waals surface area contributed by atoms with Crippen LogP contribution in [-0.4, -0.2) is 66.3 Å². The lowest BCUT2D eigenvalue weighted by atomic mass is 9.94. The molecule has 5 nitrogen and oxygen atoms in total. The molecule has 1 aromatic carbocycles. The van der Waals surface area contributed by atoms with E-state index in [4.69, 9.17) is 0 Å². The normalized spacial score (nSPS) is 22.8. The highest BCUT2D eigenvalue weighted by molar-refractivity contribution is 5.87. The number of hydrogen-bond donors (Lipinski definition) is 0. The second-order valence-corrected chi connectivity index (χ2v) is 6.70. The minimum atomic E-state index is -0.180. The Morgan fingerprint density at radius 3 is 2.54 bits per heavy atom. The summed E-state index contributed by atoms with van der Waals surface area (Å²) in [4.78, 5) is 30.1. The van der Waals surface area contributed by atoms with Gasteiger partial charge in [-0.15, -0.1) is 0 Å². The monoisotopic (exact) mass is 333 g/mol. The first-order valence-corrected chi connectivity index (χ1v) is 8.53. The van der Waals surface area contributed by atoms with Gasteiger partial charge in [0.15, 0.2) is 0 Å². The van der Waals surface area contributed by atoms with Crippen LogP contribution in [0.5, 0.6) is 0 Å². The van der Waals surface area contributed by atoms with E-state index in [0.717, 1.165) is 19.5 Å². The van der Waals surface area contributed by atoms with E-state index in [-0.39, 0.29) is 23.5 Å². The summed E-state index contributed by atoms with van der Waals surface area (Å²) in [5.41, 5.74) is 0.693. The molecule has 0 radical (unpaired) electrons. The van der Waals surface area contributed by atoms with Crippen molar-refractivity contribution >= 4 is 11.8 Å². The van der Waals surface area contributed by atoms with E-state index < -0.39 is 0 Å². The molecule has 0 unspecified atom stereocenters. The number of carbonyl (C=O) groups is 2. The predicted octanol–water partition coefficient (Wildman–Crippen LogP) is 1.34. The molecule has 130 valence electrons. The smallest absolute Gasteiger partial charge is 0.226 e. The summed E-state index contributed by atoms with van der Waals surface area (Å²) < 4.78 is 13.7. The van der Waals surface area contributed by atoms with Gasteiger partial charge in [0.25, 0.3) is 0 Å². The molecule has 2 fully saturated rings. The Labute approximate surface area is 142 Å². The highest BCUT2D eigenvalue weighted by Crippen LogP contribution is 2.21. The number of carbonyl (C=O) groups excluding carboxylic acids is 2. The number of likely N-dealkylation sites (tertiary alicyclic amines) is 1. The van der Waals surface area contributed by atoms with Crippen LogP contribution in [0.3, 0.4) is 0 Å². The van der Waals surface area contributed by atoms with Gasteiger partial charge in [0.2, 0.25) is 11.8 Å². The lowest BCUT2D eigenvalue weighted by Gasteiger charge is -2.38. The van der Waals surface area contributed by atoms with Crippen molar-refractivity contribution in [1.82, 2.24) is 14.7 Å². The van der Waals surface area contributed by atoms with Gasteiger partial charge in [-0.25, -0.2) is 4.39 Å². The summed E-state index contributed by atoms with van der Waals surface area (Å²) in [6.07, 6.45) is 1.07. The fourth-order valence-electron chi connectivity index (χ4n) is 3.41. The maximum Gasteiger partial charge on any atom is 0.226 e. The van der Waals surface area contributed by atoms with E-state index >= 15 is 0 Å². The largest absolute Gasteiger partial charge is 0.346 e. The second kappa shape index (κ2) is 7.30. The molecular formula is C18H24FN3O2. The van der Waals surface area contributed by atoms with Crippen LogP contribution in [0.25, 0.3) is 0 Å². The van der Waals surface area contributed by atoms with E-state index in [1.54, 1.807) is 24.1 Å². The van der Waals surface area contributed by atoms with Crippen LogP contribution in [0.4, 0.5) is 4.39 Å². The maximum atomic E-state index is 13.7. The summed E-state index contributed by atoms with van der Waals surface area (Å²) in [7, 11) is 1.78. The number of amides is 2. The molecule has 2 aliphatic heterocycles. The fourth-order valence-corrected chi connectivity index (χ4v) is 3.41. The number of rotatable bonds is 3. The highest BCUT2D eigenvalue weighted by Gasteiger charge is 2.32. The first kappa shape index (κ1) is 16.9. The van der Waals surface area contributed by atoms with Crippen molar-refractivity contribution in [3.63, 3.8) is 0 Å². The third-order valence-electron chi connectivity index (χ3n) is 5.04. The van der Waals surface area contributed by atoms with E-state index in [2.05, 4.69) is 4.90 Å². The second-order valence-electron chi connectivity index (χ2n) is 6.70. The van der Waals surface area contributed by atoms with Crippen LogP contribution in [-0.2, 0) is 16.1 Å². The van der Waals surface area contributed by atoms with Crippen LogP contribution >= 0.6 is 0 Å². The van der Waals surface area contributed by atoms with Crippen molar-refractivity contribution in [2.24, 2.45) is 5.92 Å². The van der Waals surface area contributed by atoms with Crippen molar-refractivity contribution in [2.75, 3.05) is 39.8 Å². The molecule has 1 atom stereocenters. The Kier molecular flexibility index (Phi) is 5.14. The number of hydrogen-bond acceptors (Lipinski definition) is 3. The summed E-state index contributed by atoms with van der Waals surface area (Å²) in [5, 5.41) is 0. The van der Waals surface area contributed by atoms with E-state index in [1.807, 2.05) is 11.0 Å². The number of nitrogens with zero attached hydrogens (tertiary/aromatic N) is 3. The topological polar surface area (TPSA) is 43.9 Å². The molecule has 6 heteroatoms. The Morgan fingerprint density at radius 1 is 1.17 bits per heavy atom. The maximum absolute atomic E-state index is 13.7. The van der Waals surface area contributed by atoms with Gasteiger partial charge in [-0.3, -0.25) is 14.5 Å². The van der Waals surface area contributed by atoms with Gasteiger partial charge in [-0.2, -0.15) is 0 Å². The minimum absolute atomic E-state index is 0.0535. The average Bonchev–Trinajstić information content (AvgIpc) is 2.59. The van der Waals surface area contributed by atoms with Gasteiger partial charge in [-0.1, -0.05) is 18.2 Å². The SMILES string of the molecule is CN1CC[C@H](C(=O)N2CCN(Cc3ccccc3F)CC2)CC1=O. The predicted molar refractivity (Wildman–Crippen MR) is 88.6 cm³/mol. The molecule has 0 bridgehead atoms. The van der Waals surface area contributed by atoms with Gasteiger partial charge < -0.3 is 9.80 Å². The molecule has 0 N–H and O–H groups in total. The molecule has 0 saturated carbocycles. The molecule has 2 amide bonds. The molecule has 3 rings (SSSR count). The molecule has 0 aromatic heterocycles. The third kappa shape index (κ3) is 3.75. The highest BCUT2D eigenvalue weighted by atomic mass is 19.1.